The lowest BCUT2D eigenvalue weighted by atomic mass is 9.93. The van der Waals surface area contributed by atoms with Crippen molar-refractivity contribution in [2.45, 2.75) is 12.8 Å². The van der Waals surface area contributed by atoms with Crippen molar-refractivity contribution in [3.63, 3.8) is 0 Å². The van der Waals surface area contributed by atoms with E-state index in [1.54, 1.807) is 18.3 Å². The lowest BCUT2D eigenvalue weighted by Crippen LogP contribution is -2.08. The highest BCUT2D eigenvalue weighted by Crippen LogP contribution is 2.30. The Labute approximate surface area is 98.2 Å². The smallest absolute Gasteiger partial charge is 0.310 e. The molecule has 0 fully saturated rings. The predicted molar refractivity (Wildman–Crippen MR) is 65.8 cm³/mol. The van der Waals surface area contributed by atoms with E-state index in [-0.39, 0.29) is 0 Å². The zero-order valence-electron chi connectivity index (χ0n) is 8.88. The van der Waals surface area contributed by atoms with Crippen LogP contribution in [0.2, 0.25) is 0 Å². The van der Waals surface area contributed by atoms with Crippen LogP contribution in [-0.4, -0.2) is 11.1 Å². The average molecular weight is 232 g/mol. The van der Waals surface area contributed by atoms with Gasteiger partial charge in [-0.2, -0.15) is 11.3 Å². The number of carboxylic acid groups (broad SMARTS) is 1. The molecule has 0 radical (unpaired) electrons. The molecule has 82 valence electrons. The topological polar surface area (TPSA) is 37.3 Å². The van der Waals surface area contributed by atoms with E-state index in [2.05, 4.69) is 0 Å². The van der Waals surface area contributed by atoms with Gasteiger partial charge >= 0.3 is 5.97 Å². The monoisotopic (exact) mass is 232 g/mol. The van der Waals surface area contributed by atoms with Gasteiger partial charge in [-0.15, -0.1) is 0 Å². The summed E-state index contributed by atoms with van der Waals surface area (Å²) < 4.78 is 0. The molecule has 16 heavy (non-hydrogen) atoms. The average Bonchev–Trinajstić information content (AvgIpc) is 2.81. The number of benzene rings is 1. The number of thiophene rings is 1. The fourth-order valence-corrected chi connectivity index (χ4v) is 2.34. The maximum atomic E-state index is 11.0. The third-order valence-corrected chi connectivity index (χ3v) is 3.31. The zero-order chi connectivity index (χ0) is 11.5. The largest absolute Gasteiger partial charge is 0.481 e. The Morgan fingerprint density at radius 1 is 1.31 bits per heavy atom. The SMILES string of the molecule is CC(C(=O)O)c1ccccc1-c1ccsc1. The van der Waals surface area contributed by atoms with E-state index in [1.165, 1.54) is 0 Å². The normalized spacial score (nSPS) is 12.3. The Morgan fingerprint density at radius 3 is 2.69 bits per heavy atom. The van der Waals surface area contributed by atoms with E-state index in [4.69, 9.17) is 5.11 Å². The Kier molecular flexibility index (Phi) is 3.06. The number of aliphatic carboxylic acids is 1. The highest BCUT2D eigenvalue weighted by atomic mass is 32.1. The third kappa shape index (κ3) is 1.99. The molecule has 1 atom stereocenters. The summed E-state index contributed by atoms with van der Waals surface area (Å²) in [5.74, 6) is -1.27. The quantitative estimate of drug-likeness (QED) is 0.877. The molecule has 0 aliphatic heterocycles. The summed E-state index contributed by atoms with van der Waals surface area (Å²) >= 11 is 1.62. The molecular formula is C13H12O2S. The molecule has 1 heterocycles. The number of hydrogen-bond donors (Lipinski definition) is 1. The molecule has 2 nitrogen and oxygen atoms in total. The summed E-state index contributed by atoms with van der Waals surface area (Å²) in [6.07, 6.45) is 0. The van der Waals surface area contributed by atoms with Crippen LogP contribution in [0.1, 0.15) is 18.4 Å². The number of rotatable bonds is 3. The van der Waals surface area contributed by atoms with Gasteiger partial charge in [-0.1, -0.05) is 24.3 Å². The third-order valence-electron chi connectivity index (χ3n) is 2.63. The molecule has 0 spiro atoms. The number of hydrogen-bond acceptors (Lipinski definition) is 2. The molecule has 0 aliphatic rings. The maximum absolute atomic E-state index is 11.0. The zero-order valence-corrected chi connectivity index (χ0v) is 9.70. The van der Waals surface area contributed by atoms with Gasteiger partial charge in [0.05, 0.1) is 5.92 Å². The van der Waals surface area contributed by atoms with Gasteiger partial charge in [0.1, 0.15) is 0 Å². The molecule has 1 aromatic carbocycles. The fourth-order valence-electron chi connectivity index (χ4n) is 1.69. The molecular weight excluding hydrogens is 220 g/mol. The van der Waals surface area contributed by atoms with E-state index >= 15 is 0 Å². The first-order valence-electron chi connectivity index (χ1n) is 5.04. The first-order chi connectivity index (χ1) is 7.70. The summed E-state index contributed by atoms with van der Waals surface area (Å²) in [5.41, 5.74) is 2.97. The van der Waals surface area contributed by atoms with Crippen LogP contribution in [0.15, 0.2) is 41.1 Å². The van der Waals surface area contributed by atoms with Gasteiger partial charge in [0, 0.05) is 0 Å². The Balaban J connectivity index is 2.50. The van der Waals surface area contributed by atoms with Crippen LogP contribution in [0.5, 0.6) is 0 Å². The van der Waals surface area contributed by atoms with Gasteiger partial charge in [0.15, 0.2) is 0 Å². The minimum absolute atomic E-state index is 0.476. The van der Waals surface area contributed by atoms with Crippen LogP contribution in [-0.2, 0) is 4.79 Å². The molecule has 0 aliphatic carbocycles. The fraction of sp³-hybridized carbons (Fsp3) is 0.154. The van der Waals surface area contributed by atoms with Crippen molar-refractivity contribution in [1.82, 2.24) is 0 Å². The minimum atomic E-state index is -0.789. The van der Waals surface area contributed by atoms with E-state index in [9.17, 15) is 4.79 Å². The van der Waals surface area contributed by atoms with Crippen molar-refractivity contribution < 1.29 is 9.90 Å². The summed E-state index contributed by atoms with van der Waals surface area (Å²) in [6.45, 7) is 1.72. The summed E-state index contributed by atoms with van der Waals surface area (Å²) in [5, 5.41) is 13.1. The van der Waals surface area contributed by atoms with Crippen LogP contribution in [0.4, 0.5) is 0 Å². The molecule has 1 aromatic heterocycles. The van der Waals surface area contributed by atoms with Gasteiger partial charge in [0.25, 0.3) is 0 Å². The Hall–Kier alpha value is -1.61. The van der Waals surface area contributed by atoms with Crippen LogP contribution in [0.25, 0.3) is 11.1 Å². The van der Waals surface area contributed by atoms with Crippen molar-refractivity contribution in [2.24, 2.45) is 0 Å². The highest BCUT2D eigenvalue weighted by Gasteiger charge is 2.17. The molecule has 3 heteroatoms. The van der Waals surface area contributed by atoms with Crippen LogP contribution >= 0.6 is 11.3 Å². The van der Waals surface area contributed by atoms with Gasteiger partial charge in [-0.25, -0.2) is 0 Å². The highest BCUT2D eigenvalue weighted by molar-refractivity contribution is 7.08. The first-order valence-corrected chi connectivity index (χ1v) is 5.98. The summed E-state index contributed by atoms with van der Waals surface area (Å²) in [4.78, 5) is 11.0. The van der Waals surface area contributed by atoms with Gasteiger partial charge in [0.2, 0.25) is 0 Å². The van der Waals surface area contributed by atoms with Crippen LogP contribution in [0.3, 0.4) is 0 Å². The van der Waals surface area contributed by atoms with Crippen molar-refractivity contribution in [1.29, 1.82) is 0 Å². The van der Waals surface area contributed by atoms with Gasteiger partial charge in [-0.05, 0) is 40.4 Å². The summed E-state index contributed by atoms with van der Waals surface area (Å²) in [6, 6.07) is 9.68. The minimum Gasteiger partial charge on any atom is -0.481 e. The van der Waals surface area contributed by atoms with Crippen molar-refractivity contribution in [3.8, 4) is 11.1 Å². The van der Waals surface area contributed by atoms with E-state index in [0.29, 0.717) is 0 Å². The van der Waals surface area contributed by atoms with Crippen molar-refractivity contribution in [2.75, 3.05) is 0 Å². The van der Waals surface area contributed by atoms with E-state index in [1.807, 2.05) is 41.1 Å². The Morgan fingerprint density at radius 2 is 2.06 bits per heavy atom. The lowest BCUT2D eigenvalue weighted by Gasteiger charge is -2.11. The van der Waals surface area contributed by atoms with E-state index < -0.39 is 11.9 Å². The lowest BCUT2D eigenvalue weighted by molar-refractivity contribution is -0.138. The Bertz CT molecular complexity index is 488. The molecule has 1 N–H and O–H groups in total. The van der Waals surface area contributed by atoms with Crippen molar-refractivity contribution >= 4 is 17.3 Å². The molecule has 2 aromatic rings. The summed E-state index contributed by atoms with van der Waals surface area (Å²) in [7, 11) is 0. The molecule has 0 amide bonds. The molecule has 1 unspecified atom stereocenters. The molecule has 0 bridgehead atoms. The number of carbonyl (C=O) groups is 1. The van der Waals surface area contributed by atoms with Gasteiger partial charge in [-0.3, -0.25) is 4.79 Å². The first kappa shape index (κ1) is 10.9. The standard InChI is InChI=1S/C13H12O2S/c1-9(13(14)15)11-4-2-3-5-12(11)10-6-7-16-8-10/h2-9H,1H3,(H,14,15). The second-order valence-corrected chi connectivity index (χ2v) is 4.44. The van der Waals surface area contributed by atoms with Gasteiger partial charge < -0.3 is 5.11 Å². The van der Waals surface area contributed by atoms with Crippen molar-refractivity contribution in [3.05, 3.63) is 46.7 Å². The van der Waals surface area contributed by atoms with Crippen LogP contribution < -0.4 is 0 Å². The molecule has 0 saturated heterocycles. The second-order valence-electron chi connectivity index (χ2n) is 3.66. The number of carboxylic acids is 1. The molecule has 2 rings (SSSR count). The predicted octanol–water partition coefficient (Wildman–Crippen LogP) is 3.60. The molecule has 0 saturated carbocycles. The van der Waals surface area contributed by atoms with Crippen LogP contribution in [0, 0.1) is 0 Å². The van der Waals surface area contributed by atoms with E-state index in [0.717, 1.165) is 16.7 Å². The maximum Gasteiger partial charge on any atom is 0.310 e. The second kappa shape index (κ2) is 4.49.